The summed E-state index contributed by atoms with van der Waals surface area (Å²) < 4.78 is 42.6. The van der Waals surface area contributed by atoms with Gasteiger partial charge in [-0.05, 0) is 48.5 Å². The maximum absolute atomic E-state index is 14.7. The van der Waals surface area contributed by atoms with E-state index in [1.54, 1.807) is 30.3 Å². The molecule has 0 radical (unpaired) electrons. The molecule has 0 fully saturated rings. The van der Waals surface area contributed by atoms with E-state index in [0.717, 1.165) is 12.3 Å². The van der Waals surface area contributed by atoms with Crippen LogP contribution in [0.5, 0.6) is 0 Å². The Morgan fingerprint density at radius 1 is 1.09 bits per heavy atom. The van der Waals surface area contributed by atoms with E-state index in [1.165, 1.54) is 33.4 Å². The Morgan fingerprint density at radius 3 is 2.42 bits per heavy atom. The Balaban J connectivity index is 1.86. The van der Waals surface area contributed by atoms with Crippen LogP contribution in [-0.4, -0.2) is 34.9 Å². The lowest BCUT2D eigenvalue weighted by Crippen LogP contribution is -2.24. The van der Waals surface area contributed by atoms with Crippen LogP contribution >= 0.6 is 11.6 Å². The predicted molar refractivity (Wildman–Crippen MR) is 123 cm³/mol. The highest BCUT2D eigenvalue weighted by Crippen LogP contribution is 2.24. The van der Waals surface area contributed by atoms with Gasteiger partial charge in [0.25, 0.3) is 0 Å². The molecule has 0 saturated carbocycles. The van der Waals surface area contributed by atoms with Crippen molar-refractivity contribution >= 4 is 44.3 Å². The lowest BCUT2D eigenvalue weighted by Gasteiger charge is -2.07. The van der Waals surface area contributed by atoms with E-state index in [1.807, 2.05) is 0 Å². The van der Waals surface area contributed by atoms with Gasteiger partial charge in [0.1, 0.15) is 5.82 Å². The Morgan fingerprint density at radius 2 is 1.79 bits per heavy atom. The maximum Gasteiger partial charge on any atom is 0.338 e. The van der Waals surface area contributed by atoms with Crippen LogP contribution in [0.4, 0.5) is 10.1 Å². The van der Waals surface area contributed by atoms with Gasteiger partial charge in [-0.25, -0.2) is 22.4 Å². The number of fused-ring (bicyclic) bond motifs is 1. The summed E-state index contributed by atoms with van der Waals surface area (Å²) >= 11 is 6.15. The number of imidazole rings is 1. The quantitative estimate of drug-likeness (QED) is 0.429. The first-order valence-electron chi connectivity index (χ1n) is 9.55. The van der Waals surface area contributed by atoms with Gasteiger partial charge in [-0.1, -0.05) is 23.7 Å². The van der Waals surface area contributed by atoms with Crippen molar-refractivity contribution in [1.82, 2.24) is 9.13 Å². The number of halogens is 2. The number of carbonyl (C=O) groups is 1. The minimum absolute atomic E-state index is 0.0405. The number of rotatable bonds is 6. The summed E-state index contributed by atoms with van der Waals surface area (Å²) in [6.07, 6.45) is 1.03. The number of anilines is 1. The highest BCUT2D eigenvalue weighted by atomic mass is 35.5. The molecule has 0 unspecified atom stereocenters. The van der Waals surface area contributed by atoms with E-state index in [9.17, 15) is 27.5 Å². The minimum atomic E-state index is -3.46. The van der Waals surface area contributed by atoms with Gasteiger partial charge in [0.05, 0.1) is 35.1 Å². The molecule has 0 saturated heterocycles. The molecule has 4 rings (SSSR count). The van der Waals surface area contributed by atoms with Crippen LogP contribution in [0, 0.1) is 5.82 Å². The number of carboxylic acids is 1. The maximum atomic E-state index is 14.7. The van der Waals surface area contributed by atoms with E-state index in [4.69, 9.17) is 11.6 Å². The summed E-state index contributed by atoms with van der Waals surface area (Å²) in [4.78, 5) is 24.7. The second kappa shape index (κ2) is 8.38. The second-order valence-electron chi connectivity index (χ2n) is 7.34. The number of carboxylic acid groups (broad SMARTS) is 1. The van der Waals surface area contributed by atoms with Crippen molar-refractivity contribution in [2.24, 2.45) is 0 Å². The summed E-state index contributed by atoms with van der Waals surface area (Å²) in [5.74, 6) is -2.32. The highest BCUT2D eigenvalue weighted by Gasteiger charge is 2.19. The normalized spacial score (nSPS) is 11.6. The molecule has 4 aromatic rings. The fraction of sp³-hybridized carbons (Fsp3) is 0.0909. The Hall–Kier alpha value is -3.63. The van der Waals surface area contributed by atoms with Gasteiger partial charge < -0.3 is 5.11 Å². The average molecular weight is 490 g/mol. The van der Waals surface area contributed by atoms with Gasteiger partial charge in [0.2, 0.25) is 10.0 Å². The number of aromatic carboxylic acids is 1. The van der Waals surface area contributed by atoms with Crippen molar-refractivity contribution in [3.05, 3.63) is 93.1 Å². The number of hydrogen-bond donors (Lipinski definition) is 2. The lowest BCUT2D eigenvalue weighted by atomic mass is 10.1. The molecular weight excluding hydrogens is 473 g/mol. The molecule has 1 heterocycles. The van der Waals surface area contributed by atoms with E-state index in [2.05, 4.69) is 4.72 Å². The molecule has 11 heteroatoms. The minimum Gasteiger partial charge on any atom is -0.478 e. The standard InChI is InChI=1S/C22H17ClFN3O5S/c1-33(31,32)25-15-6-8-16(9-7-15)27-19-11-14(23)5-10-18(19)26(22(27)30)12-13-3-2-4-17(20(13)24)21(28)29/h2-11,25H,12H2,1H3,(H,28,29). The Kier molecular flexibility index (Phi) is 5.73. The predicted octanol–water partition coefficient (Wildman–Crippen LogP) is 3.70. The number of benzene rings is 3. The average Bonchev–Trinajstić information content (AvgIpc) is 2.99. The first-order valence-corrected chi connectivity index (χ1v) is 11.8. The molecule has 2 N–H and O–H groups in total. The van der Waals surface area contributed by atoms with Crippen LogP contribution < -0.4 is 10.4 Å². The summed E-state index contributed by atoms with van der Waals surface area (Å²) in [6.45, 7) is -0.204. The van der Waals surface area contributed by atoms with Gasteiger partial charge in [-0.15, -0.1) is 0 Å². The topological polar surface area (TPSA) is 110 Å². The van der Waals surface area contributed by atoms with Gasteiger partial charge >= 0.3 is 11.7 Å². The third-order valence-corrected chi connectivity index (χ3v) is 5.80. The van der Waals surface area contributed by atoms with E-state index in [0.29, 0.717) is 27.4 Å². The molecule has 0 amide bonds. The first-order chi connectivity index (χ1) is 15.5. The van der Waals surface area contributed by atoms with Gasteiger partial charge in [-0.2, -0.15) is 0 Å². The lowest BCUT2D eigenvalue weighted by molar-refractivity contribution is 0.0691. The molecule has 0 aliphatic heterocycles. The van der Waals surface area contributed by atoms with Crippen LogP contribution in [0.15, 0.2) is 65.5 Å². The van der Waals surface area contributed by atoms with Crippen molar-refractivity contribution in [2.45, 2.75) is 6.54 Å². The second-order valence-corrected chi connectivity index (χ2v) is 9.53. The summed E-state index contributed by atoms with van der Waals surface area (Å²) in [6, 6.07) is 14.9. The fourth-order valence-corrected chi connectivity index (χ4v) is 4.29. The molecule has 0 spiro atoms. The summed E-state index contributed by atoms with van der Waals surface area (Å²) in [5.41, 5.74) is 0.721. The monoisotopic (exact) mass is 489 g/mol. The number of sulfonamides is 1. The fourth-order valence-electron chi connectivity index (χ4n) is 3.56. The molecule has 33 heavy (non-hydrogen) atoms. The van der Waals surface area contributed by atoms with Crippen molar-refractivity contribution in [3.63, 3.8) is 0 Å². The van der Waals surface area contributed by atoms with Crippen LogP contribution in [0.2, 0.25) is 5.02 Å². The summed E-state index contributed by atoms with van der Waals surface area (Å²) in [5, 5.41) is 9.57. The van der Waals surface area contributed by atoms with E-state index in [-0.39, 0.29) is 12.1 Å². The molecule has 0 atom stereocenters. The van der Waals surface area contributed by atoms with Crippen molar-refractivity contribution < 1.29 is 22.7 Å². The highest BCUT2D eigenvalue weighted by molar-refractivity contribution is 7.92. The number of nitrogens with one attached hydrogen (secondary N) is 1. The number of hydrogen-bond acceptors (Lipinski definition) is 4. The molecule has 1 aromatic heterocycles. The van der Waals surface area contributed by atoms with Crippen molar-refractivity contribution in [3.8, 4) is 5.69 Å². The van der Waals surface area contributed by atoms with Gasteiger partial charge in [0, 0.05) is 16.3 Å². The third-order valence-electron chi connectivity index (χ3n) is 4.96. The van der Waals surface area contributed by atoms with Crippen LogP contribution in [-0.2, 0) is 16.6 Å². The molecule has 0 aliphatic carbocycles. The van der Waals surface area contributed by atoms with E-state index >= 15 is 0 Å². The van der Waals surface area contributed by atoms with Gasteiger partial charge in [0.15, 0.2) is 0 Å². The zero-order chi connectivity index (χ0) is 23.9. The molecule has 3 aromatic carbocycles. The molecule has 0 aliphatic rings. The van der Waals surface area contributed by atoms with Crippen molar-refractivity contribution in [2.75, 3.05) is 11.0 Å². The molecule has 170 valence electrons. The van der Waals surface area contributed by atoms with Crippen LogP contribution in [0.1, 0.15) is 15.9 Å². The molecule has 0 bridgehead atoms. The van der Waals surface area contributed by atoms with Gasteiger partial charge in [-0.3, -0.25) is 13.9 Å². The number of nitrogens with zero attached hydrogens (tertiary/aromatic N) is 2. The number of aromatic nitrogens is 2. The third kappa shape index (κ3) is 4.48. The smallest absolute Gasteiger partial charge is 0.338 e. The zero-order valence-electron chi connectivity index (χ0n) is 17.1. The van der Waals surface area contributed by atoms with E-state index < -0.39 is 33.1 Å². The Bertz CT molecular complexity index is 1560. The molecular formula is C22H17ClFN3O5S. The Labute approximate surface area is 192 Å². The first kappa shape index (κ1) is 22.6. The van der Waals surface area contributed by atoms with Crippen LogP contribution in [0.3, 0.4) is 0 Å². The SMILES string of the molecule is CS(=O)(=O)Nc1ccc(-n2c(=O)n(Cc3cccc(C(=O)O)c3F)c3ccc(Cl)cc32)cc1. The van der Waals surface area contributed by atoms with Crippen molar-refractivity contribution in [1.29, 1.82) is 0 Å². The molecule has 8 nitrogen and oxygen atoms in total. The van der Waals surface area contributed by atoms with Crippen LogP contribution in [0.25, 0.3) is 16.7 Å². The largest absolute Gasteiger partial charge is 0.478 e. The summed E-state index contributed by atoms with van der Waals surface area (Å²) in [7, 11) is -3.46. The zero-order valence-corrected chi connectivity index (χ0v) is 18.7.